The van der Waals surface area contributed by atoms with Gasteiger partial charge in [0, 0.05) is 28.0 Å². The van der Waals surface area contributed by atoms with Crippen molar-refractivity contribution in [3.8, 4) is 0 Å². The van der Waals surface area contributed by atoms with Crippen LogP contribution >= 0.6 is 15.9 Å². The molecule has 0 saturated heterocycles. The molecule has 94 valence electrons. The summed E-state index contributed by atoms with van der Waals surface area (Å²) in [6, 6.07) is 16.2. The Bertz CT molecular complexity index is 513. The van der Waals surface area contributed by atoms with Gasteiger partial charge in [-0.25, -0.2) is 0 Å². The van der Waals surface area contributed by atoms with Gasteiger partial charge >= 0.3 is 0 Å². The van der Waals surface area contributed by atoms with E-state index in [1.165, 1.54) is 0 Å². The monoisotopic (exact) mass is 305 g/mol. The molecule has 0 amide bonds. The van der Waals surface area contributed by atoms with Gasteiger partial charge in [0.05, 0.1) is 6.61 Å². The van der Waals surface area contributed by atoms with Gasteiger partial charge in [0.25, 0.3) is 0 Å². The molecule has 0 bridgehead atoms. The van der Waals surface area contributed by atoms with Crippen molar-refractivity contribution in [2.45, 2.75) is 13.5 Å². The predicted molar refractivity (Wildman–Crippen MR) is 79.2 cm³/mol. The first-order chi connectivity index (χ1) is 8.76. The van der Waals surface area contributed by atoms with Crippen molar-refractivity contribution in [2.75, 3.05) is 11.4 Å². The van der Waals surface area contributed by atoms with Crippen molar-refractivity contribution in [1.29, 1.82) is 0 Å². The Morgan fingerprint density at radius 1 is 1.11 bits per heavy atom. The van der Waals surface area contributed by atoms with Crippen LogP contribution in [-0.2, 0) is 6.61 Å². The zero-order valence-electron chi connectivity index (χ0n) is 10.3. The molecule has 18 heavy (non-hydrogen) atoms. The molecule has 2 aromatic carbocycles. The van der Waals surface area contributed by atoms with Gasteiger partial charge < -0.3 is 10.0 Å². The van der Waals surface area contributed by atoms with E-state index in [1.807, 2.05) is 36.4 Å². The summed E-state index contributed by atoms with van der Waals surface area (Å²) < 4.78 is 0.986. The number of aliphatic hydroxyl groups is 1. The number of anilines is 2. The molecule has 0 saturated carbocycles. The largest absolute Gasteiger partial charge is 0.392 e. The SMILES string of the molecule is CCN(c1ccccc1)c1ccc(Br)cc1CO. The number of nitrogens with zero attached hydrogens (tertiary/aromatic N) is 1. The lowest BCUT2D eigenvalue weighted by Crippen LogP contribution is -2.17. The second kappa shape index (κ2) is 6.03. The number of rotatable bonds is 4. The van der Waals surface area contributed by atoms with Crippen molar-refractivity contribution < 1.29 is 5.11 Å². The highest BCUT2D eigenvalue weighted by atomic mass is 79.9. The summed E-state index contributed by atoms with van der Waals surface area (Å²) in [5.41, 5.74) is 3.11. The normalized spacial score (nSPS) is 10.4. The van der Waals surface area contributed by atoms with E-state index in [2.05, 4.69) is 39.9 Å². The molecule has 0 aliphatic heterocycles. The van der Waals surface area contributed by atoms with E-state index in [1.54, 1.807) is 0 Å². The maximum absolute atomic E-state index is 9.49. The topological polar surface area (TPSA) is 23.5 Å². The first kappa shape index (κ1) is 13.1. The molecule has 0 radical (unpaired) electrons. The van der Waals surface area contributed by atoms with E-state index < -0.39 is 0 Å². The van der Waals surface area contributed by atoms with Gasteiger partial charge in [-0.05, 0) is 37.3 Å². The molecule has 0 aromatic heterocycles. The molecule has 0 aliphatic carbocycles. The van der Waals surface area contributed by atoms with Crippen LogP contribution in [0.25, 0.3) is 0 Å². The Kier molecular flexibility index (Phi) is 4.39. The minimum absolute atomic E-state index is 0.0398. The zero-order valence-corrected chi connectivity index (χ0v) is 11.9. The molecule has 0 fully saturated rings. The maximum Gasteiger partial charge on any atom is 0.0702 e. The molecule has 3 heteroatoms. The van der Waals surface area contributed by atoms with Crippen molar-refractivity contribution in [1.82, 2.24) is 0 Å². The van der Waals surface area contributed by atoms with Crippen molar-refractivity contribution in [3.63, 3.8) is 0 Å². The van der Waals surface area contributed by atoms with Gasteiger partial charge in [-0.1, -0.05) is 34.1 Å². The van der Waals surface area contributed by atoms with Gasteiger partial charge in [-0.15, -0.1) is 0 Å². The Balaban J connectivity index is 2.45. The molecule has 0 heterocycles. The summed E-state index contributed by atoms with van der Waals surface area (Å²) in [5, 5.41) is 9.49. The van der Waals surface area contributed by atoms with Crippen LogP contribution in [-0.4, -0.2) is 11.7 Å². The van der Waals surface area contributed by atoms with Crippen LogP contribution in [0.15, 0.2) is 53.0 Å². The smallest absolute Gasteiger partial charge is 0.0702 e. The Hall–Kier alpha value is -1.32. The first-order valence-corrected chi connectivity index (χ1v) is 6.77. The van der Waals surface area contributed by atoms with E-state index in [9.17, 15) is 5.11 Å². The summed E-state index contributed by atoms with van der Waals surface area (Å²) in [6.07, 6.45) is 0. The van der Waals surface area contributed by atoms with Crippen LogP contribution in [0.4, 0.5) is 11.4 Å². The number of halogens is 1. The van der Waals surface area contributed by atoms with Crippen LogP contribution in [0.5, 0.6) is 0 Å². The summed E-state index contributed by atoms with van der Waals surface area (Å²) in [6.45, 7) is 3.01. The van der Waals surface area contributed by atoms with Crippen molar-refractivity contribution >= 4 is 27.3 Å². The molecule has 2 nitrogen and oxygen atoms in total. The van der Waals surface area contributed by atoms with E-state index in [0.29, 0.717) is 0 Å². The molecule has 0 aliphatic rings. The fraction of sp³-hybridized carbons (Fsp3) is 0.200. The number of benzene rings is 2. The molecule has 0 spiro atoms. The van der Waals surface area contributed by atoms with E-state index in [-0.39, 0.29) is 6.61 Å². The quantitative estimate of drug-likeness (QED) is 0.919. The van der Waals surface area contributed by atoms with E-state index >= 15 is 0 Å². The first-order valence-electron chi connectivity index (χ1n) is 5.98. The van der Waals surface area contributed by atoms with Gasteiger partial charge in [-0.2, -0.15) is 0 Å². The summed E-state index contributed by atoms with van der Waals surface area (Å²) in [4.78, 5) is 2.19. The third kappa shape index (κ3) is 2.74. The van der Waals surface area contributed by atoms with Crippen LogP contribution in [0.1, 0.15) is 12.5 Å². The molecule has 0 unspecified atom stereocenters. The van der Waals surface area contributed by atoms with Crippen LogP contribution < -0.4 is 4.90 Å². The lowest BCUT2D eigenvalue weighted by Gasteiger charge is -2.25. The number of para-hydroxylation sites is 1. The van der Waals surface area contributed by atoms with Crippen molar-refractivity contribution in [2.24, 2.45) is 0 Å². The summed E-state index contributed by atoms with van der Waals surface area (Å²) >= 11 is 3.43. The Labute approximate surface area is 116 Å². The van der Waals surface area contributed by atoms with Crippen molar-refractivity contribution in [3.05, 3.63) is 58.6 Å². The molecule has 2 rings (SSSR count). The Morgan fingerprint density at radius 3 is 2.44 bits per heavy atom. The van der Waals surface area contributed by atoms with Crippen LogP contribution in [0.2, 0.25) is 0 Å². The fourth-order valence-electron chi connectivity index (χ4n) is 2.04. The lowest BCUT2D eigenvalue weighted by molar-refractivity contribution is 0.282. The number of hydrogen-bond acceptors (Lipinski definition) is 2. The average Bonchev–Trinajstić information content (AvgIpc) is 2.42. The third-order valence-corrected chi connectivity index (χ3v) is 3.38. The van der Waals surface area contributed by atoms with E-state index in [4.69, 9.17) is 0 Å². The van der Waals surface area contributed by atoms with Gasteiger partial charge in [0.1, 0.15) is 0 Å². The third-order valence-electron chi connectivity index (χ3n) is 2.89. The van der Waals surface area contributed by atoms with Crippen LogP contribution in [0.3, 0.4) is 0 Å². The number of hydrogen-bond donors (Lipinski definition) is 1. The minimum atomic E-state index is 0.0398. The highest BCUT2D eigenvalue weighted by Gasteiger charge is 2.11. The van der Waals surface area contributed by atoms with Gasteiger partial charge in [-0.3, -0.25) is 0 Å². The van der Waals surface area contributed by atoms with E-state index in [0.717, 1.165) is 28.0 Å². The summed E-state index contributed by atoms with van der Waals surface area (Å²) in [5.74, 6) is 0. The Morgan fingerprint density at radius 2 is 1.83 bits per heavy atom. The summed E-state index contributed by atoms with van der Waals surface area (Å²) in [7, 11) is 0. The second-order valence-corrected chi connectivity index (χ2v) is 4.93. The fourth-order valence-corrected chi connectivity index (χ4v) is 2.45. The highest BCUT2D eigenvalue weighted by molar-refractivity contribution is 9.10. The number of aliphatic hydroxyl groups excluding tert-OH is 1. The van der Waals surface area contributed by atoms with Gasteiger partial charge in [0.2, 0.25) is 0 Å². The minimum Gasteiger partial charge on any atom is -0.392 e. The molecule has 1 N–H and O–H groups in total. The maximum atomic E-state index is 9.49. The highest BCUT2D eigenvalue weighted by Crippen LogP contribution is 2.30. The molecule has 0 atom stereocenters. The average molecular weight is 306 g/mol. The van der Waals surface area contributed by atoms with Gasteiger partial charge in [0.15, 0.2) is 0 Å². The standard InChI is InChI=1S/C15H16BrNO/c1-2-17(14-6-4-3-5-7-14)15-9-8-13(16)10-12(15)11-18/h3-10,18H,2,11H2,1H3. The molecular weight excluding hydrogens is 290 g/mol. The zero-order chi connectivity index (χ0) is 13.0. The van der Waals surface area contributed by atoms with Crippen LogP contribution in [0, 0.1) is 0 Å². The second-order valence-electron chi connectivity index (χ2n) is 4.01. The molecular formula is C15H16BrNO. The predicted octanol–water partition coefficient (Wildman–Crippen LogP) is 4.10. The lowest BCUT2D eigenvalue weighted by atomic mass is 10.1. The molecule has 2 aromatic rings.